The Hall–Kier alpha value is -0.770. The summed E-state index contributed by atoms with van der Waals surface area (Å²) in [7, 11) is 1.79. The summed E-state index contributed by atoms with van der Waals surface area (Å²) >= 11 is 1.81. The van der Waals surface area contributed by atoms with E-state index >= 15 is 0 Å². The van der Waals surface area contributed by atoms with Gasteiger partial charge in [0.2, 0.25) is 5.91 Å². The Morgan fingerprint density at radius 2 is 2.25 bits per heavy atom. The number of likely N-dealkylation sites (tertiary alicyclic amines) is 1. The van der Waals surface area contributed by atoms with E-state index in [2.05, 4.69) is 6.58 Å². The molecule has 0 saturated carbocycles. The van der Waals surface area contributed by atoms with Crippen LogP contribution in [0.25, 0.3) is 0 Å². The maximum atomic E-state index is 11.4. The molecular formula is C12H19NO2S. The van der Waals surface area contributed by atoms with Crippen LogP contribution in [0.4, 0.5) is 0 Å². The van der Waals surface area contributed by atoms with Gasteiger partial charge in [-0.1, -0.05) is 13.0 Å². The number of amides is 1. The first-order chi connectivity index (χ1) is 7.66. The maximum Gasteiger partial charge on any atom is 0.227 e. The van der Waals surface area contributed by atoms with Crippen LogP contribution < -0.4 is 0 Å². The van der Waals surface area contributed by atoms with Crippen LogP contribution >= 0.6 is 11.8 Å². The minimum atomic E-state index is 0.170. The van der Waals surface area contributed by atoms with E-state index in [9.17, 15) is 9.59 Å². The van der Waals surface area contributed by atoms with Crippen molar-refractivity contribution in [1.29, 1.82) is 0 Å². The van der Waals surface area contributed by atoms with E-state index in [1.165, 1.54) is 0 Å². The third-order valence-corrected chi connectivity index (χ3v) is 4.19. The number of hydrogen-bond acceptors (Lipinski definition) is 3. The Balaban J connectivity index is 2.12. The van der Waals surface area contributed by atoms with E-state index in [0.29, 0.717) is 12.8 Å². The highest BCUT2D eigenvalue weighted by atomic mass is 32.2. The summed E-state index contributed by atoms with van der Waals surface area (Å²) in [6.07, 6.45) is 5.42. The SMILES string of the molecule is C=C1C(SCCCCCC=O)CC(=O)N1C. The van der Waals surface area contributed by atoms with E-state index in [4.69, 9.17) is 0 Å². The number of thioether (sulfide) groups is 1. The molecule has 0 aliphatic carbocycles. The maximum absolute atomic E-state index is 11.4. The zero-order valence-corrected chi connectivity index (χ0v) is 10.6. The van der Waals surface area contributed by atoms with Crippen molar-refractivity contribution < 1.29 is 9.59 Å². The lowest BCUT2D eigenvalue weighted by molar-refractivity contribution is -0.125. The average molecular weight is 241 g/mol. The van der Waals surface area contributed by atoms with Gasteiger partial charge in [-0.2, -0.15) is 11.8 Å². The molecule has 4 heteroatoms. The Labute approximate surface area is 101 Å². The molecule has 0 aromatic heterocycles. The molecule has 0 bridgehead atoms. The minimum absolute atomic E-state index is 0.170. The summed E-state index contributed by atoms with van der Waals surface area (Å²) in [5.41, 5.74) is 0.933. The van der Waals surface area contributed by atoms with Gasteiger partial charge in [0, 0.05) is 25.6 Å². The highest BCUT2D eigenvalue weighted by molar-refractivity contribution is 8.00. The van der Waals surface area contributed by atoms with Crippen molar-refractivity contribution in [3.8, 4) is 0 Å². The van der Waals surface area contributed by atoms with Crippen molar-refractivity contribution in [2.24, 2.45) is 0 Å². The van der Waals surface area contributed by atoms with Crippen molar-refractivity contribution in [3.63, 3.8) is 0 Å². The van der Waals surface area contributed by atoms with Gasteiger partial charge in [0.25, 0.3) is 0 Å². The van der Waals surface area contributed by atoms with E-state index in [1.807, 2.05) is 11.8 Å². The molecule has 1 saturated heterocycles. The highest BCUT2D eigenvalue weighted by Crippen LogP contribution is 2.31. The standard InChI is InChI=1S/C12H19NO2S/c1-10-11(9-12(15)13(10)2)16-8-6-4-3-5-7-14/h7,11H,1,3-6,8-9H2,2H3. The molecule has 90 valence electrons. The number of unbranched alkanes of at least 4 members (excludes halogenated alkanes) is 3. The zero-order valence-electron chi connectivity index (χ0n) is 9.78. The van der Waals surface area contributed by atoms with Crippen molar-refractivity contribution in [2.75, 3.05) is 12.8 Å². The summed E-state index contributed by atoms with van der Waals surface area (Å²) < 4.78 is 0. The Morgan fingerprint density at radius 1 is 1.50 bits per heavy atom. The number of rotatable bonds is 7. The molecule has 0 N–H and O–H groups in total. The van der Waals surface area contributed by atoms with Crippen LogP contribution in [0, 0.1) is 0 Å². The van der Waals surface area contributed by atoms with Gasteiger partial charge in [-0.3, -0.25) is 4.79 Å². The van der Waals surface area contributed by atoms with Crippen LogP contribution in [0.3, 0.4) is 0 Å². The summed E-state index contributed by atoms with van der Waals surface area (Å²) in [4.78, 5) is 23.1. The molecule has 0 spiro atoms. The topological polar surface area (TPSA) is 37.4 Å². The molecule has 3 nitrogen and oxygen atoms in total. The third kappa shape index (κ3) is 3.67. The predicted octanol–water partition coefficient (Wildman–Crippen LogP) is 2.22. The first-order valence-corrected chi connectivity index (χ1v) is 6.72. The molecule has 1 fully saturated rings. The summed E-state index contributed by atoms with van der Waals surface area (Å²) in [5, 5.41) is 0.267. The molecule has 1 rings (SSSR count). The normalized spacial score (nSPS) is 20.6. The predicted molar refractivity (Wildman–Crippen MR) is 67.3 cm³/mol. The molecule has 16 heavy (non-hydrogen) atoms. The average Bonchev–Trinajstić information content (AvgIpc) is 2.51. The van der Waals surface area contributed by atoms with Gasteiger partial charge < -0.3 is 9.69 Å². The summed E-state index contributed by atoms with van der Waals surface area (Å²) in [6, 6.07) is 0. The van der Waals surface area contributed by atoms with Gasteiger partial charge >= 0.3 is 0 Å². The molecule has 0 aromatic carbocycles. The Bertz CT molecular complexity index is 278. The lowest BCUT2D eigenvalue weighted by Gasteiger charge is -2.13. The van der Waals surface area contributed by atoms with E-state index in [1.54, 1.807) is 11.9 Å². The molecule has 1 atom stereocenters. The van der Waals surface area contributed by atoms with Crippen LogP contribution in [-0.4, -0.2) is 35.1 Å². The molecule has 0 aromatic rings. The van der Waals surface area contributed by atoms with Crippen LogP contribution in [-0.2, 0) is 9.59 Å². The van der Waals surface area contributed by atoms with Gasteiger partial charge in [0.15, 0.2) is 0 Å². The van der Waals surface area contributed by atoms with Crippen LogP contribution in [0.15, 0.2) is 12.3 Å². The van der Waals surface area contributed by atoms with Crippen molar-refractivity contribution in [1.82, 2.24) is 4.90 Å². The lowest BCUT2D eigenvalue weighted by atomic mass is 10.2. The first kappa shape index (κ1) is 13.3. The fraction of sp³-hybridized carbons (Fsp3) is 0.667. The molecule has 1 aliphatic rings. The Kier molecular flexibility index (Phi) is 5.60. The van der Waals surface area contributed by atoms with Crippen LogP contribution in [0.2, 0.25) is 0 Å². The molecule has 1 unspecified atom stereocenters. The van der Waals surface area contributed by atoms with Gasteiger partial charge in [-0.25, -0.2) is 0 Å². The van der Waals surface area contributed by atoms with Crippen LogP contribution in [0.5, 0.6) is 0 Å². The smallest absolute Gasteiger partial charge is 0.227 e. The lowest BCUT2D eigenvalue weighted by Crippen LogP contribution is -2.16. The highest BCUT2D eigenvalue weighted by Gasteiger charge is 2.30. The zero-order chi connectivity index (χ0) is 12.0. The second-order valence-corrected chi connectivity index (χ2v) is 5.33. The van der Waals surface area contributed by atoms with Crippen molar-refractivity contribution >= 4 is 24.0 Å². The summed E-state index contributed by atoms with van der Waals surface area (Å²) in [5.74, 6) is 1.22. The second-order valence-electron chi connectivity index (χ2n) is 4.02. The Morgan fingerprint density at radius 3 is 2.81 bits per heavy atom. The largest absolute Gasteiger partial charge is 0.319 e. The van der Waals surface area contributed by atoms with Crippen molar-refractivity contribution in [2.45, 2.75) is 37.4 Å². The monoisotopic (exact) mass is 241 g/mol. The molecule has 1 aliphatic heterocycles. The van der Waals surface area contributed by atoms with Crippen LogP contribution in [0.1, 0.15) is 32.1 Å². The van der Waals surface area contributed by atoms with E-state index < -0.39 is 0 Å². The van der Waals surface area contributed by atoms with E-state index in [-0.39, 0.29) is 11.2 Å². The minimum Gasteiger partial charge on any atom is -0.319 e. The van der Waals surface area contributed by atoms with Crippen molar-refractivity contribution in [3.05, 3.63) is 12.3 Å². The third-order valence-electron chi connectivity index (χ3n) is 2.82. The first-order valence-electron chi connectivity index (χ1n) is 5.67. The number of hydrogen-bond donors (Lipinski definition) is 0. The number of nitrogens with zero attached hydrogens (tertiary/aromatic N) is 1. The summed E-state index contributed by atoms with van der Waals surface area (Å²) in [6.45, 7) is 3.93. The fourth-order valence-corrected chi connectivity index (χ4v) is 2.94. The molecule has 0 radical (unpaired) electrons. The quantitative estimate of drug-likeness (QED) is 0.506. The second kappa shape index (κ2) is 6.74. The molecule has 1 amide bonds. The number of carbonyl (C=O) groups is 2. The number of aldehydes is 1. The van der Waals surface area contributed by atoms with Gasteiger partial charge in [-0.05, 0) is 18.6 Å². The molecular weight excluding hydrogens is 222 g/mol. The van der Waals surface area contributed by atoms with E-state index in [0.717, 1.165) is 37.0 Å². The molecule has 1 heterocycles. The van der Waals surface area contributed by atoms with Gasteiger partial charge in [0.05, 0.1) is 5.25 Å². The van der Waals surface area contributed by atoms with Gasteiger partial charge in [-0.15, -0.1) is 0 Å². The number of carbonyl (C=O) groups excluding carboxylic acids is 2. The fourth-order valence-electron chi connectivity index (χ4n) is 1.68. The van der Waals surface area contributed by atoms with Gasteiger partial charge in [0.1, 0.15) is 6.29 Å².